The fourth-order valence-corrected chi connectivity index (χ4v) is 4.02. The maximum absolute atomic E-state index is 11.7. The largest absolute Gasteiger partial charge is 0.477 e. The first kappa shape index (κ1) is 19.6. The Morgan fingerprint density at radius 3 is 2.79 bits per heavy atom. The second-order valence-electron chi connectivity index (χ2n) is 6.36. The quantitative estimate of drug-likeness (QED) is 0.365. The van der Waals surface area contributed by atoms with Crippen LogP contribution in [0.15, 0.2) is 59.0 Å². The van der Waals surface area contributed by atoms with Crippen LogP contribution in [0.5, 0.6) is 0 Å². The predicted octanol–water partition coefficient (Wildman–Crippen LogP) is 5.87. The molecule has 0 fully saturated rings. The number of carboxylic acids is 1. The summed E-state index contributed by atoms with van der Waals surface area (Å²) in [5.41, 5.74) is 3.58. The van der Waals surface area contributed by atoms with Crippen molar-refractivity contribution in [2.24, 2.45) is 4.99 Å². The Kier molecular flexibility index (Phi) is 5.67. The van der Waals surface area contributed by atoms with Crippen LogP contribution in [-0.2, 0) is 17.8 Å². The third kappa shape index (κ3) is 4.34. The molecule has 4 aromatic rings. The molecule has 5 nitrogen and oxygen atoms in total. The molecule has 0 bridgehead atoms. The maximum Gasteiger partial charge on any atom is 0.350 e. The molecule has 0 spiro atoms. The number of nitrogens with one attached hydrogen (secondary N) is 1. The summed E-state index contributed by atoms with van der Waals surface area (Å²) in [5, 5.41) is 14.1. The van der Waals surface area contributed by atoms with Crippen molar-refractivity contribution in [2.75, 3.05) is 0 Å². The number of para-hydroxylation sites is 1. The third-order valence-electron chi connectivity index (χ3n) is 4.45. The fourth-order valence-electron chi connectivity index (χ4n) is 2.99. The van der Waals surface area contributed by atoms with Crippen LogP contribution in [0, 0.1) is 0 Å². The van der Waals surface area contributed by atoms with Crippen molar-refractivity contribution >= 4 is 57.1 Å². The number of aliphatic imine (C=N–C) groups is 1. The predicted molar refractivity (Wildman–Crippen MR) is 118 cm³/mol. The number of thiazole rings is 1. The van der Waals surface area contributed by atoms with Crippen molar-refractivity contribution in [1.29, 1.82) is 0 Å². The van der Waals surface area contributed by atoms with E-state index in [-0.39, 0.29) is 18.7 Å². The highest BCUT2D eigenvalue weighted by Gasteiger charge is 2.14. The molecular weight excluding hydrogens is 429 g/mol. The smallest absolute Gasteiger partial charge is 0.350 e. The zero-order chi connectivity index (χ0) is 20.4. The molecule has 0 aliphatic rings. The SMILES string of the molecule is O=C(O)C(Cc1c[nH]c2ccccc12)=NCc1nc(-c2ccc(Cl)c(Cl)c2)cs1. The molecule has 0 radical (unpaired) electrons. The van der Waals surface area contributed by atoms with Crippen LogP contribution in [0.2, 0.25) is 10.0 Å². The lowest BCUT2D eigenvalue weighted by atomic mass is 10.1. The Hall–Kier alpha value is -2.67. The Labute approximate surface area is 180 Å². The van der Waals surface area contributed by atoms with Gasteiger partial charge in [-0.25, -0.2) is 9.78 Å². The molecule has 0 amide bonds. The molecule has 0 saturated carbocycles. The molecule has 2 N–H and O–H groups in total. The number of H-pyrrole nitrogens is 1. The topological polar surface area (TPSA) is 78.3 Å². The number of rotatable bonds is 6. The molecule has 0 aliphatic carbocycles. The molecule has 0 saturated heterocycles. The van der Waals surface area contributed by atoms with E-state index in [4.69, 9.17) is 23.2 Å². The number of hydrogen-bond acceptors (Lipinski definition) is 4. The van der Waals surface area contributed by atoms with Gasteiger partial charge in [0.05, 0.1) is 22.3 Å². The van der Waals surface area contributed by atoms with Gasteiger partial charge in [-0.3, -0.25) is 4.99 Å². The fraction of sp³-hybridized carbons (Fsp3) is 0.0952. The normalized spacial score (nSPS) is 11.9. The Bertz CT molecular complexity index is 1230. The zero-order valence-corrected chi connectivity index (χ0v) is 17.4. The van der Waals surface area contributed by atoms with E-state index in [1.807, 2.05) is 41.9 Å². The average Bonchev–Trinajstić information content (AvgIpc) is 3.34. The van der Waals surface area contributed by atoms with Crippen LogP contribution in [0.1, 0.15) is 10.6 Å². The number of carboxylic acid groups (broad SMARTS) is 1. The monoisotopic (exact) mass is 443 g/mol. The minimum Gasteiger partial charge on any atom is -0.477 e. The van der Waals surface area contributed by atoms with Gasteiger partial charge in [-0.15, -0.1) is 11.3 Å². The highest BCUT2D eigenvalue weighted by atomic mass is 35.5. The number of nitrogens with zero attached hydrogens (tertiary/aromatic N) is 2. The van der Waals surface area contributed by atoms with Crippen molar-refractivity contribution in [3.8, 4) is 11.3 Å². The van der Waals surface area contributed by atoms with E-state index in [2.05, 4.69) is 15.0 Å². The number of hydrogen-bond donors (Lipinski definition) is 2. The summed E-state index contributed by atoms with van der Waals surface area (Å²) in [6, 6.07) is 13.1. The van der Waals surface area contributed by atoms with Gasteiger partial charge in [0.2, 0.25) is 0 Å². The van der Waals surface area contributed by atoms with E-state index in [9.17, 15) is 9.90 Å². The molecule has 2 aromatic carbocycles. The summed E-state index contributed by atoms with van der Waals surface area (Å²) in [4.78, 5) is 23.7. The van der Waals surface area contributed by atoms with Gasteiger partial charge >= 0.3 is 5.97 Å². The van der Waals surface area contributed by atoms with E-state index in [0.717, 1.165) is 32.7 Å². The van der Waals surface area contributed by atoms with Gasteiger partial charge in [0, 0.05) is 34.5 Å². The van der Waals surface area contributed by atoms with Crippen molar-refractivity contribution in [3.63, 3.8) is 0 Å². The lowest BCUT2D eigenvalue weighted by Crippen LogP contribution is -2.16. The molecule has 29 heavy (non-hydrogen) atoms. The van der Waals surface area contributed by atoms with Gasteiger partial charge in [0.25, 0.3) is 0 Å². The van der Waals surface area contributed by atoms with Crippen molar-refractivity contribution in [1.82, 2.24) is 9.97 Å². The Morgan fingerprint density at radius 1 is 1.17 bits per heavy atom. The van der Waals surface area contributed by atoms with Crippen LogP contribution in [0.4, 0.5) is 0 Å². The van der Waals surface area contributed by atoms with Crippen LogP contribution in [0.3, 0.4) is 0 Å². The van der Waals surface area contributed by atoms with Gasteiger partial charge in [-0.1, -0.05) is 47.5 Å². The lowest BCUT2D eigenvalue weighted by molar-refractivity contribution is -0.129. The number of aromatic amines is 1. The number of halogens is 2. The standard InChI is InChI=1S/C21H15Cl2N3O2S/c22-15-6-5-12(7-16(15)23)19-11-29-20(26-19)10-25-18(21(27)28)8-13-9-24-17-4-2-1-3-14(13)17/h1-7,9,11,24H,8,10H2,(H,27,28). The summed E-state index contributed by atoms with van der Waals surface area (Å²) in [6.45, 7) is 0.204. The first-order valence-corrected chi connectivity index (χ1v) is 10.4. The van der Waals surface area contributed by atoms with Crippen molar-refractivity contribution in [2.45, 2.75) is 13.0 Å². The van der Waals surface area contributed by atoms with E-state index in [0.29, 0.717) is 10.0 Å². The first-order chi connectivity index (χ1) is 14.0. The van der Waals surface area contributed by atoms with E-state index in [1.54, 1.807) is 12.1 Å². The Morgan fingerprint density at radius 2 is 2.00 bits per heavy atom. The van der Waals surface area contributed by atoms with Crippen LogP contribution >= 0.6 is 34.5 Å². The number of aliphatic carboxylic acids is 1. The molecule has 146 valence electrons. The third-order valence-corrected chi connectivity index (χ3v) is 6.02. The van der Waals surface area contributed by atoms with Crippen LogP contribution < -0.4 is 0 Å². The summed E-state index contributed by atoms with van der Waals surface area (Å²) in [7, 11) is 0. The highest BCUT2D eigenvalue weighted by molar-refractivity contribution is 7.09. The van der Waals surface area contributed by atoms with Gasteiger partial charge in [0.15, 0.2) is 0 Å². The number of carbonyl (C=O) groups is 1. The van der Waals surface area contributed by atoms with Gasteiger partial charge in [-0.2, -0.15) is 0 Å². The molecular formula is C21H15Cl2N3O2S. The summed E-state index contributed by atoms with van der Waals surface area (Å²) in [5.74, 6) is -1.03. The van der Waals surface area contributed by atoms with Gasteiger partial charge in [-0.05, 0) is 23.8 Å². The second-order valence-corrected chi connectivity index (χ2v) is 8.12. The minimum absolute atomic E-state index is 0.0982. The molecule has 0 atom stereocenters. The maximum atomic E-state index is 11.7. The minimum atomic E-state index is -1.03. The molecule has 8 heteroatoms. The second kappa shape index (κ2) is 8.37. The summed E-state index contributed by atoms with van der Waals surface area (Å²) in [6.07, 6.45) is 2.07. The molecule has 0 unspecified atom stereocenters. The van der Waals surface area contributed by atoms with E-state index < -0.39 is 5.97 Å². The van der Waals surface area contributed by atoms with Gasteiger partial charge in [0.1, 0.15) is 10.7 Å². The van der Waals surface area contributed by atoms with E-state index in [1.165, 1.54) is 11.3 Å². The average molecular weight is 444 g/mol. The lowest BCUT2D eigenvalue weighted by Gasteiger charge is -2.01. The molecule has 0 aliphatic heterocycles. The molecule has 4 rings (SSSR count). The number of benzene rings is 2. The van der Waals surface area contributed by atoms with Crippen LogP contribution in [-0.4, -0.2) is 26.8 Å². The molecule has 2 aromatic heterocycles. The van der Waals surface area contributed by atoms with Crippen molar-refractivity contribution in [3.05, 3.63) is 74.7 Å². The summed E-state index contributed by atoms with van der Waals surface area (Å²) < 4.78 is 0. The number of fused-ring (bicyclic) bond motifs is 1. The number of aromatic nitrogens is 2. The van der Waals surface area contributed by atoms with Crippen LogP contribution in [0.25, 0.3) is 22.2 Å². The zero-order valence-electron chi connectivity index (χ0n) is 15.0. The molecule has 2 heterocycles. The first-order valence-electron chi connectivity index (χ1n) is 8.72. The summed E-state index contributed by atoms with van der Waals surface area (Å²) >= 11 is 13.5. The van der Waals surface area contributed by atoms with Gasteiger partial charge < -0.3 is 10.1 Å². The van der Waals surface area contributed by atoms with E-state index >= 15 is 0 Å². The Balaban J connectivity index is 1.53. The van der Waals surface area contributed by atoms with Crippen molar-refractivity contribution < 1.29 is 9.90 Å². The highest BCUT2D eigenvalue weighted by Crippen LogP contribution is 2.29.